The van der Waals surface area contributed by atoms with E-state index in [1.165, 1.54) is 11.1 Å². The third kappa shape index (κ3) is 2.91. The molecule has 0 atom stereocenters. The molecular weight excluding hydrogens is 332 g/mol. The van der Waals surface area contributed by atoms with E-state index in [2.05, 4.69) is 63.2 Å². The molecule has 0 saturated heterocycles. The van der Waals surface area contributed by atoms with Crippen molar-refractivity contribution < 1.29 is 0 Å². The van der Waals surface area contributed by atoms with Crippen LogP contribution in [-0.4, -0.2) is 14.4 Å². The standard InChI is InChI=1S/C23H18N4/c1-2-8-17(9-3-1)14-18-10-4-5-11-19(18)25-23-22-15-24-16-27(22)21-13-7-6-12-20(21)26-23/h1-13,15-16H,14H2,(H,25,26). The maximum absolute atomic E-state index is 4.85. The molecule has 0 fully saturated rings. The van der Waals surface area contributed by atoms with E-state index in [1.807, 2.05) is 42.9 Å². The number of hydrogen-bond donors (Lipinski definition) is 1. The Morgan fingerprint density at radius 2 is 1.56 bits per heavy atom. The average Bonchev–Trinajstić information content (AvgIpc) is 3.21. The summed E-state index contributed by atoms with van der Waals surface area (Å²) in [7, 11) is 0. The first-order chi connectivity index (χ1) is 13.4. The summed E-state index contributed by atoms with van der Waals surface area (Å²) in [5, 5.41) is 3.54. The Labute approximate surface area is 157 Å². The highest BCUT2D eigenvalue weighted by Crippen LogP contribution is 2.27. The molecule has 4 heteroatoms. The fraction of sp³-hybridized carbons (Fsp3) is 0.0435. The molecule has 0 radical (unpaired) electrons. The molecule has 3 aromatic carbocycles. The van der Waals surface area contributed by atoms with Crippen LogP contribution in [0.2, 0.25) is 0 Å². The molecule has 0 spiro atoms. The molecule has 0 aliphatic carbocycles. The quantitative estimate of drug-likeness (QED) is 0.483. The average molecular weight is 350 g/mol. The Bertz CT molecular complexity index is 1230. The van der Waals surface area contributed by atoms with Gasteiger partial charge >= 0.3 is 0 Å². The molecule has 0 unspecified atom stereocenters. The fourth-order valence-corrected chi connectivity index (χ4v) is 3.43. The van der Waals surface area contributed by atoms with Crippen molar-refractivity contribution in [1.29, 1.82) is 0 Å². The summed E-state index contributed by atoms with van der Waals surface area (Å²) in [4.78, 5) is 9.17. The second-order valence-corrected chi connectivity index (χ2v) is 6.54. The van der Waals surface area contributed by atoms with Crippen LogP contribution in [-0.2, 0) is 6.42 Å². The minimum atomic E-state index is 0.812. The number of benzene rings is 3. The molecule has 5 rings (SSSR count). The van der Waals surface area contributed by atoms with Crippen LogP contribution in [0.4, 0.5) is 11.5 Å². The topological polar surface area (TPSA) is 42.2 Å². The number of fused-ring (bicyclic) bond motifs is 3. The summed E-state index contributed by atoms with van der Waals surface area (Å²) < 4.78 is 2.07. The summed E-state index contributed by atoms with van der Waals surface area (Å²) in [6.07, 6.45) is 4.55. The molecule has 0 saturated carbocycles. The van der Waals surface area contributed by atoms with E-state index in [0.717, 1.165) is 34.5 Å². The van der Waals surface area contributed by atoms with Crippen molar-refractivity contribution in [2.75, 3.05) is 5.32 Å². The molecular formula is C23H18N4. The van der Waals surface area contributed by atoms with Crippen molar-refractivity contribution in [2.24, 2.45) is 0 Å². The molecule has 27 heavy (non-hydrogen) atoms. The van der Waals surface area contributed by atoms with E-state index >= 15 is 0 Å². The Hall–Kier alpha value is -3.66. The lowest BCUT2D eigenvalue weighted by Gasteiger charge is -2.14. The van der Waals surface area contributed by atoms with Crippen LogP contribution >= 0.6 is 0 Å². The first-order valence-corrected chi connectivity index (χ1v) is 8.98. The number of para-hydroxylation sites is 3. The summed E-state index contributed by atoms with van der Waals surface area (Å²) in [6.45, 7) is 0. The summed E-state index contributed by atoms with van der Waals surface area (Å²) in [6, 6.07) is 27.0. The number of nitrogens with zero attached hydrogens (tertiary/aromatic N) is 3. The van der Waals surface area contributed by atoms with Crippen molar-refractivity contribution in [3.8, 4) is 0 Å². The van der Waals surface area contributed by atoms with Crippen LogP contribution in [0.15, 0.2) is 91.4 Å². The highest BCUT2D eigenvalue weighted by Gasteiger charge is 2.10. The number of nitrogens with one attached hydrogen (secondary N) is 1. The summed E-state index contributed by atoms with van der Waals surface area (Å²) in [5.74, 6) is 0.812. The molecule has 0 aliphatic rings. The molecule has 1 N–H and O–H groups in total. The van der Waals surface area contributed by atoms with Gasteiger partial charge in [-0.1, -0.05) is 60.7 Å². The minimum Gasteiger partial charge on any atom is -0.338 e. The zero-order valence-electron chi connectivity index (χ0n) is 14.7. The molecule has 0 aliphatic heterocycles. The van der Waals surface area contributed by atoms with Crippen LogP contribution in [0.3, 0.4) is 0 Å². The van der Waals surface area contributed by atoms with Gasteiger partial charge in [0.05, 0.1) is 23.6 Å². The zero-order chi connectivity index (χ0) is 18.1. The second-order valence-electron chi connectivity index (χ2n) is 6.54. The van der Waals surface area contributed by atoms with Crippen molar-refractivity contribution in [2.45, 2.75) is 6.42 Å². The van der Waals surface area contributed by atoms with Crippen LogP contribution in [0, 0.1) is 0 Å². The third-order valence-corrected chi connectivity index (χ3v) is 4.76. The Morgan fingerprint density at radius 3 is 2.48 bits per heavy atom. The molecule has 130 valence electrons. The lowest BCUT2D eigenvalue weighted by atomic mass is 10.0. The van der Waals surface area contributed by atoms with Crippen LogP contribution < -0.4 is 5.32 Å². The van der Waals surface area contributed by atoms with E-state index in [-0.39, 0.29) is 0 Å². The van der Waals surface area contributed by atoms with E-state index in [9.17, 15) is 0 Å². The van der Waals surface area contributed by atoms with Gasteiger partial charge in [-0.3, -0.25) is 4.40 Å². The van der Waals surface area contributed by atoms with Gasteiger partial charge in [0.1, 0.15) is 5.52 Å². The summed E-state index contributed by atoms with van der Waals surface area (Å²) >= 11 is 0. The highest BCUT2D eigenvalue weighted by atomic mass is 15.1. The van der Waals surface area contributed by atoms with Gasteiger partial charge in [-0.05, 0) is 35.7 Å². The maximum atomic E-state index is 4.85. The van der Waals surface area contributed by atoms with E-state index in [4.69, 9.17) is 4.98 Å². The van der Waals surface area contributed by atoms with Crippen molar-refractivity contribution in [3.63, 3.8) is 0 Å². The Morgan fingerprint density at radius 1 is 0.778 bits per heavy atom. The molecule has 0 amide bonds. The normalized spacial score (nSPS) is 11.1. The van der Waals surface area contributed by atoms with Gasteiger partial charge in [-0.2, -0.15) is 0 Å². The smallest absolute Gasteiger partial charge is 0.157 e. The zero-order valence-corrected chi connectivity index (χ0v) is 14.7. The van der Waals surface area contributed by atoms with Crippen molar-refractivity contribution in [1.82, 2.24) is 14.4 Å². The highest BCUT2D eigenvalue weighted by molar-refractivity contribution is 5.86. The maximum Gasteiger partial charge on any atom is 0.157 e. The van der Waals surface area contributed by atoms with Gasteiger partial charge in [-0.25, -0.2) is 9.97 Å². The Kier molecular flexibility index (Phi) is 3.79. The second kappa shape index (κ2) is 6.57. The first-order valence-electron chi connectivity index (χ1n) is 8.98. The molecule has 4 nitrogen and oxygen atoms in total. The van der Waals surface area contributed by atoms with E-state index in [0.29, 0.717) is 0 Å². The monoisotopic (exact) mass is 350 g/mol. The van der Waals surface area contributed by atoms with Crippen molar-refractivity contribution >= 4 is 28.1 Å². The van der Waals surface area contributed by atoms with Gasteiger partial charge in [0, 0.05) is 5.69 Å². The van der Waals surface area contributed by atoms with Crippen LogP contribution in [0.1, 0.15) is 11.1 Å². The number of imidazole rings is 1. The SMILES string of the molecule is c1ccc(Cc2ccccc2Nc2nc3ccccc3n3cncc23)cc1. The molecule has 5 aromatic rings. The lowest BCUT2D eigenvalue weighted by molar-refractivity contribution is 1.17. The molecule has 2 heterocycles. The lowest BCUT2D eigenvalue weighted by Crippen LogP contribution is -2.02. The van der Waals surface area contributed by atoms with Gasteiger partial charge in [0.25, 0.3) is 0 Å². The molecule has 0 bridgehead atoms. The number of rotatable bonds is 4. The van der Waals surface area contributed by atoms with E-state index in [1.54, 1.807) is 0 Å². The first kappa shape index (κ1) is 15.6. The predicted octanol–water partition coefficient (Wildman–Crippen LogP) is 5.22. The number of hydrogen-bond acceptors (Lipinski definition) is 3. The van der Waals surface area contributed by atoms with Gasteiger partial charge in [-0.15, -0.1) is 0 Å². The van der Waals surface area contributed by atoms with Crippen LogP contribution in [0.25, 0.3) is 16.6 Å². The summed E-state index contributed by atoms with van der Waals surface area (Å²) in [5.41, 5.74) is 6.53. The third-order valence-electron chi connectivity index (χ3n) is 4.76. The predicted molar refractivity (Wildman–Crippen MR) is 109 cm³/mol. The van der Waals surface area contributed by atoms with E-state index < -0.39 is 0 Å². The minimum absolute atomic E-state index is 0.812. The number of anilines is 2. The Balaban J connectivity index is 1.58. The fourth-order valence-electron chi connectivity index (χ4n) is 3.43. The van der Waals surface area contributed by atoms with Crippen LogP contribution in [0.5, 0.6) is 0 Å². The van der Waals surface area contributed by atoms with Gasteiger partial charge in [0.2, 0.25) is 0 Å². The largest absolute Gasteiger partial charge is 0.338 e. The number of aromatic nitrogens is 3. The molecule has 2 aromatic heterocycles. The van der Waals surface area contributed by atoms with Gasteiger partial charge < -0.3 is 5.32 Å². The van der Waals surface area contributed by atoms with Gasteiger partial charge in [0.15, 0.2) is 5.82 Å². The van der Waals surface area contributed by atoms with Crippen molar-refractivity contribution in [3.05, 3.63) is 103 Å².